The van der Waals surface area contributed by atoms with Gasteiger partial charge in [-0.1, -0.05) is 18.2 Å². The van der Waals surface area contributed by atoms with Crippen molar-refractivity contribution in [3.8, 4) is 0 Å². The fourth-order valence-corrected chi connectivity index (χ4v) is 3.08. The molecule has 0 amide bonds. The van der Waals surface area contributed by atoms with Gasteiger partial charge >= 0.3 is 0 Å². The summed E-state index contributed by atoms with van der Waals surface area (Å²) in [6, 6.07) is 13.7. The third kappa shape index (κ3) is 2.43. The van der Waals surface area contributed by atoms with Gasteiger partial charge in [0.25, 0.3) is 0 Å². The Morgan fingerprint density at radius 1 is 1.00 bits per heavy atom. The maximum absolute atomic E-state index is 12.4. The lowest BCUT2D eigenvalue weighted by Gasteiger charge is -2.03. The minimum atomic E-state index is -1.35. The van der Waals surface area contributed by atoms with Gasteiger partial charge in [0.15, 0.2) is 6.29 Å². The topological polar surface area (TPSA) is 64.3 Å². The van der Waals surface area contributed by atoms with E-state index in [1.54, 1.807) is 24.3 Å². The molecule has 0 fully saturated rings. The zero-order valence-electron chi connectivity index (χ0n) is 10.8. The lowest BCUT2D eigenvalue weighted by atomic mass is 10.2. The van der Waals surface area contributed by atoms with Crippen LogP contribution in [0.15, 0.2) is 73.8 Å². The van der Waals surface area contributed by atoms with Crippen LogP contribution < -0.4 is 5.43 Å². The Morgan fingerprint density at radius 3 is 2.48 bits per heavy atom. The van der Waals surface area contributed by atoms with E-state index in [2.05, 4.69) is 0 Å². The van der Waals surface area contributed by atoms with Crippen molar-refractivity contribution in [3.05, 3.63) is 70.6 Å². The standard InChI is InChI=1S/C16H10O4S/c17-9-11-10-20-15-8-13(6-7-14(15)16(11)18)21(19)12-4-2-1-3-5-12/h1-10H. The van der Waals surface area contributed by atoms with E-state index in [1.165, 1.54) is 6.07 Å². The van der Waals surface area contributed by atoms with E-state index in [1.807, 2.05) is 18.2 Å². The number of hydrogen-bond acceptors (Lipinski definition) is 4. The summed E-state index contributed by atoms with van der Waals surface area (Å²) in [6.45, 7) is 0. The highest BCUT2D eigenvalue weighted by Crippen LogP contribution is 2.20. The van der Waals surface area contributed by atoms with Gasteiger partial charge in [-0.25, -0.2) is 4.21 Å². The number of aldehydes is 1. The van der Waals surface area contributed by atoms with Crippen LogP contribution in [0.3, 0.4) is 0 Å². The SMILES string of the molecule is O=Cc1coc2cc(S(=O)c3ccccc3)ccc2c1=O. The molecule has 0 aliphatic rings. The van der Waals surface area contributed by atoms with Crippen molar-refractivity contribution in [3.63, 3.8) is 0 Å². The summed E-state index contributed by atoms with van der Waals surface area (Å²) in [5, 5.41) is 0.299. The third-order valence-electron chi connectivity index (χ3n) is 3.07. The molecule has 3 rings (SSSR count). The molecule has 2 aromatic carbocycles. The third-order valence-corrected chi connectivity index (χ3v) is 4.45. The van der Waals surface area contributed by atoms with Gasteiger partial charge in [-0.3, -0.25) is 9.59 Å². The predicted molar refractivity (Wildman–Crippen MR) is 79.0 cm³/mol. The van der Waals surface area contributed by atoms with Crippen LogP contribution in [-0.2, 0) is 10.8 Å². The Kier molecular flexibility index (Phi) is 3.50. The van der Waals surface area contributed by atoms with Crippen LogP contribution in [0.25, 0.3) is 11.0 Å². The molecule has 0 saturated carbocycles. The zero-order valence-corrected chi connectivity index (χ0v) is 11.6. The van der Waals surface area contributed by atoms with Crippen molar-refractivity contribution in [2.75, 3.05) is 0 Å². The summed E-state index contributed by atoms with van der Waals surface area (Å²) in [7, 11) is -1.35. The average molecular weight is 298 g/mol. The lowest BCUT2D eigenvalue weighted by Crippen LogP contribution is -2.07. The summed E-state index contributed by atoms with van der Waals surface area (Å²) in [6.07, 6.45) is 1.58. The van der Waals surface area contributed by atoms with Gasteiger partial charge in [-0.05, 0) is 30.3 Å². The number of carbonyl (C=O) groups is 1. The van der Waals surface area contributed by atoms with Crippen molar-refractivity contribution >= 4 is 28.1 Å². The van der Waals surface area contributed by atoms with Gasteiger partial charge in [0.1, 0.15) is 11.8 Å². The number of hydrogen-bond donors (Lipinski definition) is 0. The first-order valence-corrected chi connectivity index (χ1v) is 7.33. The second kappa shape index (κ2) is 5.46. The first-order valence-electron chi connectivity index (χ1n) is 6.18. The van der Waals surface area contributed by atoms with Gasteiger partial charge in [-0.15, -0.1) is 0 Å². The number of benzene rings is 2. The Bertz CT molecular complexity index is 897. The summed E-state index contributed by atoms with van der Waals surface area (Å²) < 4.78 is 17.7. The molecule has 3 aromatic rings. The lowest BCUT2D eigenvalue weighted by molar-refractivity contribution is 0.112. The minimum Gasteiger partial charge on any atom is -0.463 e. The Hall–Kier alpha value is -2.53. The molecule has 0 bridgehead atoms. The molecule has 0 saturated heterocycles. The van der Waals surface area contributed by atoms with Gasteiger partial charge < -0.3 is 4.42 Å². The second-order valence-corrected chi connectivity index (χ2v) is 5.86. The molecule has 1 atom stereocenters. The largest absolute Gasteiger partial charge is 0.463 e. The fourth-order valence-electron chi connectivity index (χ4n) is 2.00. The van der Waals surface area contributed by atoms with Gasteiger partial charge in [0.05, 0.1) is 21.7 Å². The second-order valence-electron chi connectivity index (χ2n) is 4.38. The van der Waals surface area contributed by atoms with E-state index in [9.17, 15) is 13.8 Å². The Balaban J connectivity index is 2.12. The molecule has 4 nitrogen and oxygen atoms in total. The highest BCUT2D eigenvalue weighted by Gasteiger charge is 2.11. The Labute approximate surface area is 122 Å². The molecule has 0 aliphatic carbocycles. The molecular weight excluding hydrogens is 288 g/mol. The van der Waals surface area contributed by atoms with Crippen molar-refractivity contribution in [1.82, 2.24) is 0 Å². The molecule has 0 N–H and O–H groups in total. The molecule has 21 heavy (non-hydrogen) atoms. The van der Waals surface area contributed by atoms with Gasteiger partial charge in [-0.2, -0.15) is 0 Å². The van der Waals surface area contributed by atoms with Crippen molar-refractivity contribution in [2.24, 2.45) is 0 Å². The molecular formula is C16H10O4S. The quantitative estimate of drug-likeness (QED) is 0.697. The van der Waals surface area contributed by atoms with Crippen LogP contribution in [0.4, 0.5) is 0 Å². The first kappa shape index (κ1) is 13.5. The van der Waals surface area contributed by atoms with Crippen molar-refractivity contribution in [1.29, 1.82) is 0 Å². The monoisotopic (exact) mass is 298 g/mol. The number of fused-ring (bicyclic) bond motifs is 1. The molecule has 0 spiro atoms. The van der Waals surface area contributed by atoms with Crippen molar-refractivity contribution < 1.29 is 13.4 Å². The van der Waals surface area contributed by atoms with Gasteiger partial charge in [0, 0.05) is 9.79 Å². The molecule has 1 unspecified atom stereocenters. The molecule has 5 heteroatoms. The number of carbonyl (C=O) groups excluding carboxylic acids is 1. The highest BCUT2D eigenvalue weighted by atomic mass is 32.2. The van der Waals surface area contributed by atoms with E-state index in [0.717, 1.165) is 6.26 Å². The van der Waals surface area contributed by atoms with Crippen LogP contribution >= 0.6 is 0 Å². The fraction of sp³-hybridized carbons (Fsp3) is 0. The highest BCUT2D eigenvalue weighted by molar-refractivity contribution is 7.85. The van der Waals surface area contributed by atoms with E-state index < -0.39 is 10.8 Å². The molecule has 104 valence electrons. The van der Waals surface area contributed by atoms with Crippen LogP contribution in [0, 0.1) is 0 Å². The van der Waals surface area contributed by atoms with E-state index in [-0.39, 0.29) is 11.0 Å². The van der Waals surface area contributed by atoms with Crippen LogP contribution in [0.1, 0.15) is 10.4 Å². The molecule has 0 radical (unpaired) electrons. The van der Waals surface area contributed by atoms with E-state index in [4.69, 9.17) is 4.42 Å². The summed E-state index contributed by atoms with van der Waals surface area (Å²) in [5.41, 5.74) is -0.102. The summed E-state index contributed by atoms with van der Waals surface area (Å²) >= 11 is 0. The Morgan fingerprint density at radius 2 is 1.76 bits per heavy atom. The average Bonchev–Trinajstić information content (AvgIpc) is 2.55. The minimum absolute atomic E-state index is 0.0283. The van der Waals surface area contributed by atoms with Crippen LogP contribution in [0.2, 0.25) is 0 Å². The molecule has 0 aliphatic heterocycles. The van der Waals surface area contributed by atoms with Crippen LogP contribution in [0.5, 0.6) is 0 Å². The van der Waals surface area contributed by atoms with Crippen molar-refractivity contribution in [2.45, 2.75) is 9.79 Å². The number of rotatable bonds is 3. The first-order chi connectivity index (χ1) is 10.2. The molecule has 1 heterocycles. The van der Waals surface area contributed by atoms with E-state index in [0.29, 0.717) is 27.0 Å². The smallest absolute Gasteiger partial charge is 0.203 e. The normalized spacial score (nSPS) is 12.2. The maximum atomic E-state index is 12.4. The summed E-state index contributed by atoms with van der Waals surface area (Å²) in [4.78, 5) is 23.9. The van der Waals surface area contributed by atoms with Gasteiger partial charge in [0.2, 0.25) is 5.43 Å². The predicted octanol–water partition coefficient (Wildman–Crippen LogP) is 2.77. The molecule has 1 aromatic heterocycles. The summed E-state index contributed by atoms with van der Waals surface area (Å²) in [5.74, 6) is 0. The zero-order chi connectivity index (χ0) is 14.8. The maximum Gasteiger partial charge on any atom is 0.203 e. The van der Waals surface area contributed by atoms with E-state index >= 15 is 0 Å². The van der Waals surface area contributed by atoms with Crippen LogP contribution in [-0.4, -0.2) is 10.5 Å².